The van der Waals surface area contributed by atoms with E-state index >= 15 is 0 Å². The van der Waals surface area contributed by atoms with Gasteiger partial charge in [-0.05, 0) is 43.0 Å². The number of aromatic nitrogens is 1. The topological polar surface area (TPSA) is 28.2 Å². The van der Waals surface area contributed by atoms with Crippen LogP contribution in [0, 0.1) is 0 Å². The predicted octanol–water partition coefficient (Wildman–Crippen LogP) is 5.58. The molecule has 0 radical (unpaired) electrons. The number of nitrogens with zero attached hydrogens (tertiary/aromatic N) is 2. The Kier molecular flexibility index (Phi) is 5.60. The zero-order valence-corrected chi connectivity index (χ0v) is 18.3. The number of rotatable bonds is 5. The molecule has 1 aliphatic rings. The van der Waals surface area contributed by atoms with Gasteiger partial charge >= 0.3 is 0 Å². The second kappa shape index (κ2) is 7.68. The fourth-order valence-electron chi connectivity index (χ4n) is 4.09. The van der Waals surface area contributed by atoms with Crippen LogP contribution in [0.5, 0.6) is 0 Å². The van der Waals surface area contributed by atoms with Crippen molar-refractivity contribution in [1.29, 1.82) is 0 Å². The molecule has 4 heteroatoms. The van der Waals surface area contributed by atoms with E-state index in [1.54, 1.807) is 6.92 Å². The van der Waals surface area contributed by atoms with E-state index in [0.717, 1.165) is 27.9 Å². The van der Waals surface area contributed by atoms with E-state index in [1.807, 2.05) is 19.2 Å². The summed E-state index contributed by atoms with van der Waals surface area (Å²) < 4.78 is 14.4. The van der Waals surface area contributed by atoms with E-state index in [0.29, 0.717) is 19.5 Å². The summed E-state index contributed by atoms with van der Waals surface area (Å²) in [5, 5.41) is 4.48. The summed E-state index contributed by atoms with van der Waals surface area (Å²) in [5.74, 6) is 0. The van der Waals surface area contributed by atoms with Gasteiger partial charge in [-0.15, -0.1) is 5.73 Å². The molecule has 29 heavy (non-hydrogen) atoms. The number of halogens is 1. The second-order valence-corrected chi connectivity index (χ2v) is 9.39. The normalized spacial score (nSPS) is 21.9. The van der Waals surface area contributed by atoms with Crippen LogP contribution in [0.15, 0.2) is 55.0 Å². The van der Waals surface area contributed by atoms with Gasteiger partial charge in [0.05, 0.1) is 24.3 Å². The van der Waals surface area contributed by atoms with Gasteiger partial charge in [0.25, 0.3) is 0 Å². The Hall–Kier alpha value is -2.58. The average Bonchev–Trinajstić information content (AvgIpc) is 2.92. The fourth-order valence-corrected chi connectivity index (χ4v) is 4.09. The smallest absolute Gasteiger partial charge is 0.127 e. The molecule has 0 amide bonds. The summed E-state index contributed by atoms with van der Waals surface area (Å²) in [6.45, 7) is 19.3. The summed E-state index contributed by atoms with van der Waals surface area (Å²) in [6, 6.07) is 8.51. The molecule has 1 saturated heterocycles. The molecule has 154 valence electrons. The van der Waals surface area contributed by atoms with Gasteiger partial charge in [-0.2, -0.15) is 0 Å². The molecule has 2 heterocycles. The number of fused-ring (bicyclic) bond motifs is 1. The molecule has 1 aromatic heterocycles. The monoisotopic (exact) mass is 393 g/mol. The standard InChI is InChI=1S/C25H32FN3/c1-8-20(29-16-25(7,26)14-17(29)2)15-28-18(3)21-11-12-27-23-10-9-19(13-22(21)23)24(4,5)6/h9-13,17,28H,1,3,14-16H2,2,4-7H3. The summed E-state index contributed by atoms with van der Waals surface area (Å²) >= 11 is 0. The first-order valence-corrected chi connectivity index (χ1v) is 10.2. The van der Waals surface area contributed by atoms with E-state index in [9.17, 15) is 4.39 Å². The third-order valence-corrected chi connectivity index (χ3v) is 5.71. The number of nitrogens with one attached hydrogen (secondary N) is 1. The molecule has 2 atom stereocenters. The molecule has 2 unspecified atom stereocenters. The van der Waals surface area contributed by atoms with Crippen LogP contribution in [0.3, 0.4) is 0 Å². The van der Waals surface area contributed by atoms with E-state index in [1.165, 1.54) is 5.56 Å². The summed E-state index contributed by atoms with van der Waals surface area (Å²) in [6.07, 6.45) is 2.33. The Labute approximate surface area is 174 Å². The maximum Gasteiger partial charge on any atom is 0.127 e. The van der Waals surface area contributed by atoms with Gasteiger partial charge in [0, 0.05) is 35.3 Å². The fraction of sp³-hybridized carbons (Fsp3) is 0.440. The molecule has 3 nitrogen and oxygen atoms in total. The zero-order chi connectivity index (χ0) is 21.4. The highest BCUT2D eigenvalue weighted by Gasteiger charge is 2.39. The second-order valence-electron chi connectivity index (χ2n) is 9.39. The van der Waals surface area contributed by atoms with Gasteiger partial charge in [0.1, 0.15) is 5.67 Å². The zero-order valence-electron chi connectivity index (χ0n) is 18.3. The lowest BCUT2D eigenvalue weighted by molar-refractivity contribution is 0.199. The van der Waals surface area contributed by atoms with Gasteiger partial charge in [0.15, 0.2) is 0 Å². The Morgan fingerprint density at radius 3 is 2.69 bits per heavy atom. The highest BCUT2D eigenvalue weighted by Crippen LogP contribution is 2.33. The van der Waals surface area contributed by atoms with Crippen LogP contribution in [0.4, 0.5) is 4.39 Å². The molecule has 1 fully saturated rings. The van der Waals surface area contributed by atoms with Crippen molar-refractivity contribution in [2.75, 3.05) is 13.1 Å². The lowest BCUT2D eigenvalue weighted by Crippen LogP contribution is -2.33. The first-order valence-electron chi connectivity index (χ1n) is 10.2. The Morgan fingerprint density at radius 2 is 2.10 bits per heavy atom. The van der Waals surface area contributed by atoms with Crippen LogP contribution in [-0.4, -0.2) is 34.7 Å². The number of hydrogen-bond acceptors (Lipinski definition) is 3. The minimum Gasteiger partial charge on any atom is -0.379 e. The van der Waals surface area contributed by atoms with Gasteiger partial charge in [-0.1, -0.05) is 40.0 Å². The van der Waals surface area contributed by atoms with Gasteiger partial charge in [-0.3, -0.25) is 4.98 Å². The molecule has 1 aliphatic heterocycles. The van der Waals surface area contributed by atoms with Crippen LogP contribution in [0.1, 0.15) is 52.2 Å². The van der Waals surface area contributed by atoms with Crippen molar-refractivity contribution in [2.24, 2.45) is 0 Å². The Morgan fingerprint density at radius 1 is 1.38 bits per heavy atom. The molecule has 2 aromatic rings. The van der Waals surface area contributed by atoms with Crippen LogP contribution >= 0.6 is 0 Å². The van der Waals surface area contributed by atoms with Crippen molar-refractivity contribution in [3.63, 3.8) is 0 Å². The maximum absolute atomic E-state index is 14.4. The van der Waals surface area contributed by atoms with E-state index in [2.05, 4.69) is 73.1 Å². The Balaban J connectivity index is 1.82. The van der Waals surface area contributed by atoms with E-state index in [-0.39, 0.29) is 11.5 Å². The minimum atomic E-state index is -1.18. The molecular formula is C25H32FN3. The predicted molar refractivity (Wildman–Crippen MR) is 120 cm³/mol. The van der Waals surface area contributed by atoms with Crippen molar-refractivity contribution >= 4 is 16.6 Å². The number of benzene rings is 1. The van der Waals surface area contributed by atoms with Crippen molar-refractivity contribution in [1.82, 2.24) is 15.2 Å². The SMILES string of the molecule is C=C=C(CNC(=C)c1ccnc2ccc(C(C)(C)C)cc12)N1CC(C)(F)CC1C. The van der Waals surface area contributed by atoms with Crippen molar-refractivity contribution in [2.45, 2.75) is 58.2 Å². The average molecular weight is 394 g/mol. The van der Waals surface area contributed by atoms with Gasteiger partial charge < -0.3 is 10.2 Å². The number of hydrogen-bond donors (Lipinski definition) is 1. The first-order chi connectivity index (χ1) is 13.5. The number of pyridine rings is 1. The third kappa shape index (κ3) is 4.54. The number of likely N-dealkylation sites (tertiary alicyclic amines) is 1. The summed E-state index contributed by atoms with van der Waals surface area (Å²) in [7, 11) is 0. The highest BCUT2D eigenvalue weighted by atomic mass is 19.1. The van der Waals surface area contributed by atoms with Crippen LogP contribution in [0.25, 0.3) is 16.6 Å². The van der Waals surface area contributed by atoms with Crippen molar-refractivity contribution in [3.8, 4) is 0 Å². The molecule has 0 bridgehead atoms. The van der Waals surface area contributed by atoms with Crippen molar-refractivity contribution in [3.05, 3.63) is 66.2 Å². The highest BCUT2D eigenvalue weighted by molar-refractivity contribution is 5.91. The maximum atomic E-state index is 14.4. The van der Waals surface area contributed by atoms with Crippen LogP contribution < -0.4 is 5.32 Å². The quantitative estimate of drug-likeness (QED) is 0.672. The Bertz CT molecular complexity index is 977. The lowest BCUT2D eigenvalue weighted by atomic mass is 9.86. The lowest BCUT2D eigenvalue weighted by Gasteiger charge is -2.26. The first kappa shape index (κ1) is 21.1. The molecule has 0 saturated carbocycles. The van der Waals surface area contributed by atoms with Crippen molar-refractivity contribution < 1.29 is 4.39 Å². The third-order valence-electron chi connectivity index (χ3n) is 5.71. The molecule has 1 N–H and O–H groups in total. The molecule has 3 rings (SSSR count). The van der Waals surface area contributed by atoms with Crippen LogP contribution in [0.2, 0.25) is 0 Å². The number of alkyl halides is 1. The summed E-state index contributed by atoms with van der Waals surface area (Å²) in [5.41, 5.74) is 6.78. The van der Waals surface area contributed by atoms with Gasteiger partial charge in [-0.25, -0.2) is 4.39 Å². The molecule has 0 aliphatic carbocycles. The minimum absolute atomic E-state index is 0.0553. The van der Waals surface area contributed by atoms with E-state index < -0.39 is 5.67 Å². The molecule has 0 spiro atoms. The largest absolute Gasteiger partial charge is 0.379 e. The molecule has 1 aromatic carbocycles. The summed E-state index contributed by atoms with van der Waals surface area (Å²) in [4.78, 5) is 6.55. The van der Waals surface area contributed by atoms with Gasteiger partial charge in [0.2, 0.25) is 0 Å². The van der Waals surface area contributed by atoms with Crippen LogP contribution in [-0.2, 0) is 5.41 Å². The van der Waals surface area contributed by atoms with E-state index in [4.69, 9.17) is 0 Å². The molecular weight excluding hydrogens is 361 g/mol.